The quantitative estimate of drug-likeness (QED) is 0.912. The van der Waals surface area contributed by atoms with E-state index in [1.54, 1.807) is 11.8 Å². The van der Waals surface area contributed by atoms with E-state index in [2.05, 4.69) is 17.4 Å². The number of benzene rings is 1. The lowest BCUT2D eigenvalue weighted by molar-refractivity contribution is 0.0944. The summed E-state index contributed by atoms with van der Waals surface area (Å²) in [5, 5.41) is 5.10. The molecule has 18 heavy (non-hydrogen) atoms. The molecule has 0 saturated carbocycles. The van der Waals surface area contributed by atoms with Crippen LogP contribution in [-0.4, -0.2) is 17.7 Å². The molecule has 0 aliphatic carbocycles. The molecule has 1 N–H and O–H groups in total. The molecule has 0 unspecified atom stereocenters. The summed E-state index contributed by atoms with van der Waals surface area (Å²) in [6.07, 6.45) is 0.897. The van der Waals surface area contributed by atoms with Gasteiger partial charge in [-0.05, 0) is 23.4 Å². The second kappa shape index (κ2) is 5.16. The Morgan fingerprint density at radius 2 is 2.06 bits per heavy atom. The molecule has 1 aromatic heterocycles. The highest BCUT2D eigenvalue weighted by atomic mass is 32.2. The number of nitrogens with one attached hydrogen (secondary N) is 1. The zero-order valence-corrected chi connectivity index (χ0v) is 11.4. The fraction of sp³-hybridized carbons (Fsp3) is 0.214. The molecule has 0 spiro atoms. The number of amides is 1. The van der Waals surface area contributed by atoms with Crippen LogP contribution < -0.4 is 5.32 Å². The van der Waals surface area contributed by atoms with Crippen LogP contribution in [0.2, 0.25) is 0 Å². The Hall–Kier alpha value is -1.26. The van der Waals surface area contributed by atoms with Crippen LogP contribution in [0.25, 0.3) is 0 Å². The van der Waals surface area contributed by atoms with Gasteiger partial charge >= 0.3 is 0 Å². The van der Waals surface area contributed by atoms with Crippen LogP contribution in [0, 0.1) is 0 Å². The lowest BCUT2D eigenvalue weighted by Crippen LogP contribution is -2.36. The molecule has 1 atom stereocenters. The van der Waals surface area contributed by atoms with E-state index in [1.165, 1.54) is 16.9 Å². The molecule has 4 heteroatoms. The predicted octanol–water partition coefficient (Wildman–Crippen LogP) is 3.19. The summed E-state index contributed by atoms with van der Waals surface area (Å²) in [7, 11) is 0. The van der Waals surface area contributed by atoms with Crippen LogP contribution in [-0.2, 0) is 6.42 Å². The van der Waals surface area contributed by atoms with E-state index in [1.807, 2.05) is 29.6 Å². The van der Waals surface area contributed by atoms with E-state index in [9.17, 15) is 4.79 Å². The van der Waals surface area contributed by atoms with Gasteiger partial charge in [-0.1, -0.05) is 30.3 Å². The van der Waals surface area contributed by atoms with Crippen LogP contribution in [0.3, 0.4) is 0 Å². The predicted molar refractivity (Wildman–Crippen MR) is 76.4 cm³/mol. The molecule has 0 bridgehead atoms. The summed E-state index contributed by atoms with van der Waals surface area (Å²) < 4.78 is 0. The minimum absolute atomic E-state index is 0.0749. The highest BCUT2D eigenvalue weighted by Crippen LogP contribution is 2.30. The lowest BCUT2D eigenvalue weighted by atomic mass is 10.1. The standard InChI is InChI=1S/C14H13NOS2/c16-14-13-12(6-7-17-13)18-9-11(15-14)8-10-4-2-1-3-5-10/h1-7,11H,8-9H2,(H,15,16)/t11-/m0/s1. The maximum Gasteiger partial charge on any atom is 0.262 e. The molecule has 0 fully saturated rings. The second-order valence-corrected chi connectivity index (χ2v) is 6.26. The molecular formula is C14H13NOS2. The minimum atomic E-state index is 0.0749. The smallest absolute Gasteiger partial charge is 0.262 e. The van der Waals surface area contributed by atoms with E-state index in [4.69, 9.17) is 0 Å². The van der Waals surface area contributed by atoms with Crippen molar-refractivity contribution in [1.29, 1.82) is 0 Å². The molecule has 0 saturated heterocycles. The maximum absolute atomic E-state index is 12.1. The highest BCUT2D eigenvalue weighted by molar-refractivity contribution is 7.99. The first-order valence-corrected chi connectivity index (χ1v) is 7.74. The lowest BCUT2D eigenvalue weighted by Gasteiger charge is -2.15. The largest absolute Gasteiger partial charge is 0.347 e. The number of carbonyl (C=O) groups is 1. The van der Waals surface area contributed by atoms with Crippen molar-refractivity contribution in [3.05, 3.63) is 52.2 Å². The van der Waals surface area contributed by atoms with Crippen molar-refractivity contribution in [1.82, 2.24) is 5.32 Å². The van der Waals surface area contributed by atoms with Crippen LogP contribution >= 0.6 is 23.1 Å². The van der Waals surface area contributed by atoms with E-state index in [-0.39, 0.29) is 11.9 Å². The van der Waals surface area contributed by atoms with Crippen LogP contribution in [0.1, 0.15) is 15.2 Å². The van der Waals surface area contributed by atoms with Crippen molar-refractivity contribution in [2.75, 3.05) is 5.75 Å². The number of hydrogen-bond acceptors (Lipinski definition) is 3. The third kappa shape index (κ3) is 2.44. The van der Waals surface area contributed by atoms with Crippen molar-refractivity contribution in [3.63, 3.8) is 0 Å². The minimum Gasteiger partial charge on any atom is -0.347 e. The van der Waals surface area contributed by atoms with Crippen molar-refractivity contribution in [2.45, 2.75) is 17.4 Å². The fourth-order valence-electron chi connectivity index (χ4n) is 2.07. The SMILES string of the molecule is O=C1N[C@@H](Cc2ccccc2)CSc2ccsc21. The third-order valence-corrected chi connectivity index (χ3v) is 5.20. The number of fused-ring (bicyclic) bond motifs is 1. The summed E-state index contributed by atoms with van der Waals surface area (Å²) in [6.45, 7) is 0. The first-order chi connectivity index (χ1) is 8.83. The molecular weight excluding hydrogens is 262 g/mol. The Morgan fingerprint density at radius 1 is 1.22 bits per heavy atom. The van der Waals surface area contributed by atoms with Crippen molar-refractivity contribution >= 4 is 29.0 Å². The second-order valence-electron chi connectivity index (χ2n) is 4.29. The topological polar surface area (TPSA) is 29.1 Å². The Labute approximate surface area is 114 Å². The number of carbonyl (C=O) groups excluding carboxylic acids is 1. The number of thioether (sulfide) groups is 1. The van der Waals surface area contributed by atoms with E-state index >= 15 is 0 Å². The Bertz CT molecular complexity index is 550. The van der Waals surface area contributed by atoms with Gasteiger partial charge in [0.15, 0.2) is 0 Å². The third-order valence-electron chi connectivity index (χ3n) is 2.94. The average molecular weight is 275 g/mol. The van der Waals surface area contributed by atoms with Gasteiger partial charge in [0, 0.05) is 16.7 Å². The molecule has 3 rings (SSSR count). The van der Waals surface area contributed by atoms with Gasteiger partial charge in [0.1, 0.15) is 4.88 Å². The van der Waals surface area contributed by atoms with Gasteiger partial charge < -0.3 is 5.32 Å². The Kier molecular flexibility index (Phi) is 3.39. The monoisotopic (exact) mass is 275 g/mol. The highest BCUT2D eigenvalue weighted by Gasteiger charge is 2.23. The van der Waals surface area contributed by atoms with Crippen molar-refractivity contribution in [3.8, 4) is 0 Å². The molecule has 1 amide bonds. The molecule has 92 valence electrons. The van der Waals surface area contributed by atoms with Crippen LogP contribution in [0.15, 0.2) is 46.7 Å². The van der Waals surface area contributed by atoms with Crippen LogP contribution in [0.4, 0.5) is 0 Å². The molecule has 1 aliphatic heterocycles. The van der Waals surface area contributed by atoms with Gasteiger partial charge in [-0.2, -0.15) is 0 Å². The number of hydrogen-bond donors (Lipinski definition) is 1. The zero-order chi connectivity index (χ0) is 12.4. The Morgan fingerprint density at radius 3 is 2.89 bits per heavy atom. The number of thiophene rings is 1. The molecule has 2 aromatic rings. The van der Waals surface area contributed by atoms with Gasteiger partial charge in [-0.15, -0.1) is 23.1 Å². The fourth-order valence-corrected chi connectivity index (χ4v) is 4.14. The molecule has 1 aliphatic rings. The van der Waals surface area contributed by atoms with E-state index < -0.39 is 0 Å². The van der Waals surface area contributed by atoms with Crippen molar-refractivity contribution < 1.29 is 4.79 Å². The average Bonchev–Trinajstić information content (AvgIpc) is 2.80. The summed E-state index contributed by atoms with van der Waals surface area (Å²) in [5.74, 6) is 1.01. The first kappa shape index (κ1) is 11.8. The van der Waals surface area contributed by atoms with Gasteiger partial charge in [0.05, 0.1) is 0 Å². The molecule has 1 aromatic carbocycles. The zero-order valence-electron chi connectivity index (χ0n) is 9.76. The van der Waals surface area contributed by atoms with Gasteiger partial charge in [-0.25, -0.2) is 0 Å². The van der Waals surface area contributed by atoms with Crippen LogP contribution in [0.5, 0.6) is 0 Å². The number of rotatable bonds is 2. The van der Waals surface area contributed by atoms with Crippen molar-refractivity contribution in [2.24, 2.45) is 0 Å². The van der Waals surface area contributed by atoms with Gasteiger partial charge in [-0.3, -0.25) is 4.79 Å². The summed E-state index contributed by atoms with van der Waals surface area (Å²) in [5.41, 5.74) is 1.27. The Balaban J connectivity index is 1.74. The van der Waals surface area contributed by atoms with E-state index in [0.717, 1.165) is 21.9 Å². The van der Waals surface area contributed by atoms with E-state index in [0.29, 0.717) is 0 Å². The first-order valence-electron chi connectivity index (χ1n) is 5.88. The molecule has 2 heterocycles. The normalized spacial score (nSPS) is 18.9. The summed E-state index contributed by atoms with van der Waals surface area (Å²) in [6, 6.07) is 12.6. The summed E-state index contributed by atoms with van der Waals surface area (Å²) in [4.78, 5) is 14.0. The molecule has 0 radical (unpaired) electrons. The van der Waals surface area contributed by atoms with Gasteiger partial charge in [0.2, 0.25) is 0 Å². The van der Waals surface area contributed by atoms with Gasteiger partial charge in [0.25, 0.3) is 5.91 Å². The maximum atomic E-state index is 12.1. The summed E-state index contributed by atoms with van der Waals surface area (Å²) >= 11 is 3.30. The molecule has 2 nitrogen and oxygen atoms in total.